The summed E-state index contributed by atoms with van der Waals surface area (Å²) in [5, 5.41) is 0. The molecule has 19 heavy (non-hydrogen) atoms. The van der Waals surface area contributed by atoms with Crippen LogP contribution in [-0.4, -0.2) is 0 Å². The lowest BCUT2D eigenvalue weighted by molar-refractivity contribution is 0.599. The lowest BCUT2D eigenvalue weighted by Crippen LogP contribution is -2.29. The summed E-state index contributed by atoms with van der Waals surface area (Å²) in [4.78, 5) is 0. The zero-order valence-corrected chi connectivity index (χ0v) is 11.3. The minimum Gasteiger partial charge on any atom is -0.271 e. The van der Waals surface area contributed by atoms with Crippen LogP contribution >= 0.6 is 0 Å². The van der Waals surface area contributed by atoms with Gasteiger partial charge in [0, 0.05) is 0 Å². The van der Waals surface area contributed by atoms with Crippen molar-refractivity contribution >= 4 is 0 Å². The van der Waals surface area contributed by atoms with Crippen LogP contribution < -0.4 is 11.3 Å². The Bertz CT molecular complexity index is 566. The predicted molar refractivity (Wildman–Crippen MR) is 76.1 cm³/mol. The summed E-state index contributed by atoms with van der Waals surface area (Å²) < 4.78 is 13.7. The fraction of sp³-hybridized carbons (Fsp3) is 0.250. The van der Waals surface area contributed by atoms with E-state index < -0.39 is 0 Å². The highest BCUT2D eigenvalue weighted by Gasteiger charge is 2.14. The molecule has 0 bridgehead atoms. The normalized spacial score (nSPS) is 12.4. The van der Waals surface area contributed by atoms with Crippen molar-refractivity contribution in [3.63, 3.8) is 0 Å². The lowest BCUT2D eigenvalue weighted by atomic mass is 9.96. The van der Waals surface area contributed by atoms with Crippen molar-refractivity contribution in [2.45, 2.75) is 26.3 Å². The molecule has 0 aliphatic carbocycles. The second kappa shape index (κ2) is 5.95. The van der Waals surface area contributed by atoms with Crippen LogP contribution in [0, 0.1) is 12.7 Å². The molecule has 0 heterocycles. The van der Waals surface area contributed by atoms with Crippen molar-refractivity contribution in [2.75, 3.05) is 0 Å². The van der Waals surface area contributed by atoms with Gasteiger partial charge in [-0.2, -0.15) is 0 Å². The molecule has 2 aromatic rings. The zero-order valence-electron chi connectivity index (χ0n) is 11.3. The van der Waals surface area contributed by atoms with Gasteiger partial charge in [0.1, 0.15) is 5.82 Å². The van der Waals surface area contributed by atoms with Gasteiger partial charge in [-0.3, -0.25) is 5.84 Å². The largest absolute Gasteiger partial charge is 0.271 e. The van der Waals surface area contributed by atoms with Gasteiger partial charge in [-0.05, 0) is 41.7 Å². The molecule has 1 atom stereocenters. The summed E-state index contributed by atoms with van der Waals surface area (Å²) in [7, 11) is 0. The molecule has 0 aliphatic heterocycles. The van der Waals surface area contributed by atoms with E-state index in [0.717, 1.165) is 17.5 Å². The first-order valence-corrected chi connectivity index (χ1v) is 6.46. The molecule has 0 saturated carbocycles. The van der Waals surface area contributed by atoms with E-state index in [1.54, 1.807) is 19.1 Å². The van der Waals surface area contributed by atoms with E-state index >= 15 is 0 Å². The highest BCUT2D eigenvalue weighted by atomic mass is 19.1. The van der Waals surface area contributed by atoms with Crippen molar-refractivity contribution in [2.24, 2.45) is 5.84 Å². The smallest absolute Gasteiger partial charge is 0.126 e. The van der Waals surface area contributed by atoms with Gasteiger partial charge < -0.3 is 0 Å². The number of hydrazine groups is 1. The zero-order chi connectivity index (χ0) is 13.8. The van der Waals surface area contributed by atoms with Crippen molar-refractivity contribution in [1.82, 2.24) is 5.43 Å². The van der Waals surface area contributed by atoms with E-state index in [2.05, 4.69) is 24.5 Å². The molecular formula is C16H19FN2. The lowest BCUT2D eigenvalue weighted by Gasteiger charge is -2.18. The maximum atomic E-state index is 13.7. The molecule has 0 aromatic heterocycles. The molecule has 2 rings (SSSR count). The first-order chi connectivity index (χ1) is 9.15. The molecule has 0 spiro atoms. The summed E-state index contributed by atoms with van der Waals surface area (Å²) in [5.41, 5.74) is 6.53. The van der Waals surface area contributed by atoms with Crippen LogP contribution in [0.25, 0.3) is 0 Å². The van der Waals surface area contributed by atoms with Gasteiger partial charge in [0.05, 0.1) is 6.04 Å². The van der Waals surface area contributed by atoms with Gasteiger partial charge in [0.2, 0.25) is 0 Å². The fourth-order valence-corrected chi connectivity index (χ4v) is 2.17. The third-order valence-corrected chi connectivity index (χ3v) is 3.39. The number of benzene rings is 2. The molecule has 0 saturated heterocycles. The summed E-state index contributed by atoms with van der Waals surface area (Å²) in [6, 6.07) is 13.2. The van der Waals surface area contributed by atoms with E-state index in [9.17, 15) is 4.39 Å². The summed E-state index contributed by atoms with van der Waals surface area (Å²) in [5.74, 6) is 5.44. The van der Waals surface area contributed by atoms with E-state index in [1.165, 1.54) is 5.56 Å². The number of nitrogens with two attached hydrogens (primary N) is 1. The second-order valence-electron chi connectivity index (χ2n) is 4.71. The average Bonchev–Trinajstić information content (AvgIpc) is 2.44. The van der Waals surface area contributed by atoms with E-state index in [1.807, 2.05) is 18.2 Å². The Morgan fingerprint density at radius 1 is 1.16 bits per heavy atom. The Morgan fingerprint density at radius 3 is 2.53 bits per heavy atom. The molecule has 3 N–H and O–H groups in total. The minimum absolute atomic E-state index is 0.193. The number of halogens is 1. The molecule has 0 aliphatic rings. The Hall–Kier alpha value is -1.71. The number of rotatable bonds is 4. The van der Waals surface area contributed by atoms with Gasteiger partial charge in [-0.1, -0.05) is 43.3 Å². The predicted octanol–water partition coefficient (Wildman–Crippen LogP) is 3.25. The number of aryl methyl sites for hydroxylation is 2. The van der Waals surface area contributed by atoms with Crippen molar-refractivity contribution in [1.29, 1.82) is 0 Å². The number of nitrogens with one attached hydrogen (secondary N) is 1. The highest BCUT2D eigenvalue weighted by molar-refractivity contribution is 5.35. The first-order valence-electron chi connectivity index (χ1n) is 6.46. The third-order valence-electron chi connectivity index (χ3n) is 3.39. The molecule has 1 unspecified atom stereocenters. The molecule has 0 fully saturated rings. The molecular weight excluding hydrogens is 239 g/mol. The van der Waals surface area contributed by atoms with Crippen LogP contribution in [-0.2, 0) is 6.42 Å². The molecule has 100 valence electrons. The SMILES string of the molecule is CCc1cccc(C(NN)c2ccc(C)c(F)c2)c1. The third kappa shape index (κ3) is 3.00. The Kier molecular flexibility index (Phi) is 4.30. The van der Waals surface area contributed by atoms with Crippen LogP contribution in [0.5, 0.6) is 0 Å². The van der Waals surface area contributed by atoms with E-state index in [-0.39, 0.29) is 11.9 Å². The Labute approximate surface area is 113 Å². The van der Waals surface area contributed by atoms with Crippen molar-refractivity contribution < 1.29 is 4.39 Å². The maximum Gasteiger partial charge on any atom is 0.126 e. The first kappa shape index (κ1) is 13.7. The monoisotopic (exact) mass is 258 g/mol. The second-order valence-corrected chi connectivity index (χ2v) is 4.71. The number of hydrogen-bond acceptors (Lipinski definition) is 2. The Morgan fingerprint density at radius 2 is 1.89 bits per heavy atom. The minimum atomic E-state index is -0.204. The molecule has 0 amide bonds. The highest BCUT2D eigenvalue weighted by Crippen LogP contribution is 2.24. The molecule has 3 heteroatoms. The molecule has 0 radical (unpaired) electrons. The molecule has 2 nitrogen and oxygen atoms in total. The van der Waals surface area contributed by atoms with Gasteiger partial charge in [-0.15, -0.1) is 0 Å². The molecule has 2 aromatic carbocycles. The standard InChI is InChI=1S/C16H19FN2/c1-3-12-5-4-6-13(9-12)16(19-18)14-8-7-11(2)15(17)10-14/h4-10,16,19H,3,18H2,1-2H3. The van der Waals surface area contributed by atoms with Crippen molar-refractivity contribution in [3.8, 4) is 0 Å². The van der Waals surface area contributed by atoms with Gasteiger partial charge in [0.15, 0.2) is 0 Å². The van der Waals surface area contributed by atoms with Crippen LogP contribution in [0.4, 0.5) is 4.39 Å². The van der Waals surface area contributed by atoms with Gasteiger partial charge >= 0.3 is 0 Å². The quantitative estimate of drug-likeness (QED) is 0.652. The summed E-state index contributed by atoms with van der Waals surface area (Å²) in [6.45, 7) is 3.86. The van der Waals surface area contributed by atoms with Gasteiger partial charge in [0.25, 0.3) is 0 Å². The van der Waals surface area contributed by atoms with E-state index in [0.29, 0.717) is 5.56 Å². The summed E-state index contributed by atoms with van der Waals surface area (Å²) in [6.07, 6.45) is 0.966. The maximum absolute atomic E-state index is 13.7. The van der Waals surface area contributed by atoms with Crippen LogP contribution in [0.3, 0.4) is 0 Å². The number of hydrogen-bond donors (Lipinski definition) is 2. The van der Waals surface area contributed by atoms with Crippen LogP contribution in [0.1, 0.15) is 35.2 Å². The van der Waals surface area contributed by atoms with Crippen molar-refractivity contribution in [3.05, 3.63) is 70.5 Å². The average molecular weight is 258 g/mol. The van der Waals surface area contributed by atoms with E-state index in [4.69, 9.17) is 5.84 Å². The topological polar surface area (TPSA) is 38.0 Å². The Balaban J connectivity index is 2.40. The fourth-order valence-electron chi connectivity index (χ4n) is 2.17. The van der Waals surface area contributed by atoms with Gasteiger partial charge in [-0.25, -0.2) is 9.82 Å². The van der Waals surface area contributed by atoms with Crippen LogP contribution in [0.2, 0.25) is 0 Å². The summed E-state index contributed by atoms with van der Waals surface area (Å²) >= 11 is 0. The van der Waals surface area contributed by atoms with Crippen LogP contribution in [0.15, 0.2) is 42.5 Å².